The molecule has 0 aliphatic heterocycles. The van der Waals surface area contributed by atoms with E-state index in [1.165, 1.54) is 19.3 Å². The first-order chi connectivity index (χ1) is 10.1. The Kier molecular flexibility index (Phi) is 5.04. The fourth-order valence-electron chi connectivity index (χ4n) is 3.35. The third-order valence-electron chi connectivity index (χ3n) is 4.79. The van der Waals surface area contributed by atoms with Crippen molar-refractivity contribution in [3.63, 3.8) is 0 Å². The number of hydrogen-bond donors (Lipinski definition) is 1. The van der Waals surface area contributed by atoms with Crippen molar-refractivity contribution < 1.29 is 4.92 Å². The summed E-state index contributed by atoms with van der Waals surface area (Å²) in [4.78, 5) is 13.2. The van der Waals surface area contributed by atoms with Crippen molar-refractivity contribution in [3.05, 3.63) is 28.3 Å². The maximum atomic E-state index is 11.4. The second kappa shape index (κ2) is 6.78. The number of anilines is 2. The largest absolute Gasteiger partial charge is 0.382 e. The minimum absolute atomic E-state index is 0.181. The van der Waals surface area contributed by atoms with Crippen molar-refractivity contribution in [2.75, 3.05) is 24.3 Å². The first-order valence-corrected chi connectivity index (χ1v) is 7.76. The summed E-state index contributed by atoms with van der Waals surface area (Å²) in [6, 6.07) is 5.88. The highest BCUT2D eigenvalue weighted by atomic mass is 16.6. The molecule has 116 valence electrons. The Morgan fingerprint density at radius 3 is 2.52 bits per heavy atom. The van der Waals surface area contributed by atoms with Crippen molar-refractivity contribution in [1.82, 2.24) is 0 Å². The number of nitrogens with one attached hydrogen (secondary N) is 1. The first kappa shape index (κ1) is 15.6. The predicted octanol–water partition coefficient (Wildman–Crippen LogP) is 4.04. The van der Waals surface area contributed by atoms with Crippen LogP contribution in [0.4, 0.5) is 17.1 Å². The molecule has 0 atom stereocenters. The van der Waals surface area contributed by atoms with Crippen LogP contribution in [-0.4, -0.2) is 25.1 Å². The molecule has 5 heteroatoms. The fourth-order valence-corrected chi connectivity index (χ4v) is 3.35. The van der Waals surface area contributed by atoms with E-state index in [1.807, 2.05) is 19.2 Å². The maximum Gasteiger partial charge on any atom is 0.315 e. The lowest BCUT2D eigenvalue weighted by Gasteiger charge is -2.35. The van der Waals surface area contributed by atoms with Gasteiger partial charge in [0.05, 0.1) is 4.92 Å². The smallest absolute Gasteiger partial charge is 0.315 e. The van der Waals surface area contributed by atoms with Crippen LogP contribution in [0.5, 0.6) is 0 Å². The molecule has 0 amide bonds. The normalized spacial score (nSPS) is 21.9. The molecule has 21 heavy (non-hydrogen) atoms. The molecule has 0 radical (unpaired) electrons. The summed E-state index contributed by atoms with van der Waals surface area (Å²) in [5.74, 6) is 0.827. The standard InChI is InChI=1S/C16H25N3O2/c1-4-12-8-10-13(11-9-12)18(3)15-7-5-6-14(17-2)16(15)19(20)21/h5-7,12-13,17H,4,8-11H2,1-3H3. The van der Waals surface area contributed by atoms with Crippen LogP contribution >= 0.6 is 0 Å². The predicted molar refractivity (Wildman–Crippen MR) is 87.1 cm³/mol. The molecule has 1 aliphatic rings. The Labute approximate surface area is 126 Å². The van der Waals surface area contributed by atoms with Gasteiger partial charge in [0, 0.05) is 20.1 Å². The highest BCUT2D eigenvalue weighted by Crippen LogP contribution is 2.38. The minimum atomic E-state index is -0.282. The van der Waals surface area contributed by atoms with Gasteiger partial charge in [-0.25, -0.2) is 0 Å². The van der Waals surface area contributed by atoms with Crippen LogP contribution in [0.25, 0.3) is 0 Å². The number of benzene rings is 1. The van der Waals surface area contributed by atoms with Crippen LogP contribution in [-0.2, 0) is 0 Å². The van der Waals surface area contributed by atoms with E-state index in [4.69, 9.17) is 0 Å². The van der Waals surface area contributed by atoms with Gasteiger partial charge in [0.25, 0.3) is 0 Å². The molecule has 1 aliphatic carbocycles. The van der Waals surface area contributed by atoms with Crippen molar-refractivity contribution in [1.29, 1.82) is 0 Å². The van der Waals surface area contributed by atoms with Crippen LogP contribution < -0.4 is 10.2 Å². The molecule has 0 unspecified atom stereocenters. The van der Waals surface area contributed by atoms with E-state index in [0.29, 0.717) is 17.4 Å². The van der Waals surface area contributed by atoms with Crippen molar-refractivity contribution in [3.8, 4) is 0 Å². The SMILES string of the molecule is CCC1CCC(N(C)c2cccc(NC)c2[N+](=O)[O-])CC1. The van der Waals surface area contributed by atoms with Gasteiger partial charge in [0.15, 0.2) is 0 Å². The minimum Gasteiger partial charge on any atom is -0.382 e. The quantitative estimate of drug-likeness (QED) is 0.657. The van der Waals surface area contributed by atoms with E-state index >= 15 is 0 Å². The molecular weight excluding hydrogens is 266 g/mol. The molecule has 1 saturated carbocycles. The second-order valence-electron chi connectivity index (χ2n) is 5.87. The van der Waals surface area contributed by atoms with Crippen molar-refractivity contribution >= 4 is 17.1 Å². The molecule has 0 spiro atoms. The molecule has 1 aromatic rings. The van der Waals surface area contributed by atoms with Gasteiger partial charge in [0.2, 0.25) is 0 Å². The van der Waals surface area contributed by atoms with E-state index in [-0.39, 0.29) is 10.6 Å². The summed E-state index contributed by atoms with van der Waals surface area (Å²) >= 11 is 0. The van der Waals surface area contributed by atoms with Gasteiger partial charge >= 0.3 is 5.69 Å². The number of nitro groups is 1. The van der Waals surface area contributed by atoms with Gasteiger partial charge in [-0.05, 0) is 43.7 Å². The summed E-state index contributed by atoms with van der Waals surface area (Å²) < 4.78 is 0. The monoisotopic (exact) mass is 291 g/mol. The summed E-state index contributed by atoms with van der Waals surface area (Å²) in [5, 5.41) is 14.3. The molecule has 0 heterocycles. The van der Waals surface area contributed by atoms with Crippen molar-refractivity contribution in [2.24, 2.45) is 5.92 Å². The van der Waals surface area contributed by atoms with Gasteiger partial charge in [0.1, 0.15) is 11.4 Å². The third-order valence-corrected chi connectivity index (χ3v) is 4.79. The van der Waals surface area contributed by atoms with Crippen LogP contribution in [0.3, 0.4) is 0 Å². The summed E-state index contributed by atoms with van der Waals surface area (Å²) in [7, 11) is 3.71. The molecule has 1 aromatic carbocycles. The highest BCUT2D eigenvalue weighted by molar-refractivity contribution is 5.77. The Morgan fingerprint density at radius 2 is 2.00 bits per heavy atom. The van der Waals surface area contributed by atoms with Crippen LogP contribution in [0.2, 0.25) is 0 Å². The average molecular weight is 291 g/mol. The number of nitrogens with zero attached hydrogens (tertiary/aromatic N) is 2. The number of para-hydroxylation sites is 1. The maximum absolute atomic E-state index is 11.4. The topological polar surface area (TPSA) is 58.4 Å². The molecule has 0 bridgehead atoms. The number of hydrogen-bond acceptors (Lipinski definition) is 4. The lowest BCUT2D eigenvalue weighted by molar-refractivity contribution is -0.383. The van der Waals surface area contributed by atoms with Crippen LogP contribution in [0.15, 0.2) is 18.2 Å². The first-order valence-electron chi connectivity index (χ1n) is 7.76. The Hall–Kier alpha value is -1.78. The van der Waals surface area contributed by atoms with Crippen molar-refractivity contribution in [2.45, 2.75) is 45.1 Å². The van der Waals surface area contributed by atoms with Gasteiger partial charge in [-0.3, -0.25) is 10.1 Å². The fraction of sp³-hybridized carbons (Fsp3) is 0.625. The Morgan fingerprint density at radius 1 is 1.33 bits per heavy atom. The Bertz CT molecular complexity index is 496. The van der Waals surface area contributed by atoms with E-state index in [0.717, 1.165) is 18.8 Å². The van der Waals surface area contributed by atoms with Gasteiger partial charge in [-0.1, -0.05) is 19.4 Å². The summed E-state index contributed by atoms with van der Waals surface area (Å²) in [5.41, 5.74) is 1.47. The van der Waals surface area contributed by atoms with E-state index < -0.39 is 0 Å². The van der Waals surface area contributed by atoms with E-state index in [1.54, 1.807) is 13.1 Å². The number of rotatable bonds is 5. The third kappa shape index (κ3) is 3.28. The Balaban J connectivity index is 2.23. The molecule has 0 saturated heterocycles. The van der Waals surface area contributed by atoms with Crippen LogP contribution in [0, 0.1) is 16.0 Å². The van der Waals surface area contributed by atoms with Gasteiger partial charge in [-0.15, -0.1) is 0 Å². The molecule has 5 nitrogen and oxygen atoms in total. The molecule has 1 N–H and O–H groups in total. The zero-order valence-electron chi connectivity index (χ0n) is 13.1. The number of nitro benzene ring substituents is 1. The van der Waals surface area contributed by atoms with Gasteiger partial charge in [-0.2, -0.15) is 0 Å². The van der Waals surface area contributed by atoms with Gasteiger partial charge < -0.3 is 10.2 Å². The molecular formula is C16H25N3O2. The summed E-state index contributed by atoms with van der Waals surface area (Å²) in [6.45, 7) is 2.25. The van der Waals surface area contributed by atoms with E-state index in [9.17, 15) is 10.1 Å². The average Bonchev–Trinajstić information content (AvgIpc) is 2.53. The molecule has 1 fully saturated rings. The molecule has 0 aromatic heterocycles. The zero-order valence-corrected chi connectivity index (χ0v) is 13.1. The lowest BCUT2D eigenvalue weighted by atomic mass is 9.84. The zero-order chi connectivity index (χ0) is 15.4. The highest BCUT2D eigenvalue weighted by Gasteiger charge is 2.28. The summed E-state index contributed by atoms with van der Waals surface area (Å²) in [6.07, 6.45) is 5.94. The van der Waals surface area contributed by atoms with E-state index in [2.05, 4.69) is 17.1 Å². The lowest BCUT2D eigenvalue weighted by Crippen LogP contribution is -2.35. The molecule has 2 rings (SSSR count). The second-order valence-corrected chi connectivity index (χ2v) is 5.87. The van der Waals surface area contributed by atoms with Crippen LogP contribution in [0.1, 0.15) is 39.0 Å².